The summed E-state index contributed by atoms with van der Waals surface area (Å²) in [5, 5.41) is 10.1. The van der Waals surface area contributed by atoms with Crippen molar-refractivity contribution in [2.45, 2.75) is 6.92 Å². The van der Waals surface area contributed by atoms with Crippen LogP contribution in [0.1, 0.15) is 16.1 Å². The molecule has 1 N–H and O–H groups in total. The molecular formula is C20H13Cl2N3O2S. The number of carbonyl (C=O) groups excluding carboxylic acids is 1. The maximum Gasteiger partial charge on any atom is 0.263 e. The summed E-state index contributed by atoms with van der Waals surface area (Å²) in [5.74, 6) is 0.116. The van der Waals surface area contributed by atoms with Crippen molar-refractivity contribution in [2.75, 3.05) is 5.32 Å². The van der Waals surface area contributed by atoms with E-state index in [9.17, 15) is 4.79 Å². The molecule has 0 fully saturated rings. The molecule has 0 aliphatic carbocycles. The van der Waals surface area contributed by atoms with Crippen molar-refractivity contribution in [3.63, 3.8) is 0 Å². The van der Waals surface area contributed by atoms with Gasteiger partial charge in [0.05, 0.1) is 15.7 Å². The van der Waals surface area contributed by atoms with E-state index in [1.807, 2.05) is 41.8 Å². The van der Waals surface area contributed by atoms with Gasteiger partial charge in [0.25, 0.3) is 5.91 Å². The zero-order valence-electron chi connectivity index (χ0n) is 14.6. The van der Waals surface area contributed by atoms with Gasteiger partial charge in [-0.2, -0.15) is 0 Å². The fraction of sp³-hybridized carbons (Fsp3) is 0.0500. The van der Waals surface area contributed by atoms with Crippen molar-refractivity contribution in [1.82, 2.24) is 10.1 Å². The molecule has 8 heteroatoms. The summed E-state index contributed by atoms with van der Waals surface area (Å²) in [5.41, 5.74) is 3.20. The van der Waals surface area contributed by atoms with Crippen LogP contribution >= 0.6 is 34.5 Å². The van der Waals surface area contributed by atoms with Crippen molar-refractivity contribution in [2.24, 2.45) is 0 Å². The minimum absolute atomic E-state index is 0.326. The van der Waals surface area contributed by atoms with Gasteiger partial charge in [0.1, 0.15) is 17.0 Å². The molecule has 4 rings (SSSR count). The number of carbonyl (C=O) groups is 1. The lowest BCUT2D eigenvalue weighted by molar-refractivity contribution is 0.102. The quantitative estimate of drug-likeness (QED) is 0.411. The van der Waals surface area contributed by atoms with Crippen molar-refractivity contribution in [3.8, 4) is 22.5 Å². The summed E-state index contributed by atoms with van der Waals surface area (Å²) in [7, 11) is 0. The fourth-order valence-corrected chi connectivity index (χ4v) is 3.72. The normalized spacial score (nSPS) is 10.8. The molecule has 0 spiro atoms. The summed E-state index contributed by atoms with van der Waals surface area (Å²) < 4.78 is 5.25. The van der Waals surface area contributed by atoms with Gasteiger partial charge in [0, 0.05) is 16.5 Å². The summed E-state index contributed by atoms with van der Waals surface area (Å²) in [6.07, 6.45) is 0. The second kappa shape index (κ2) is 7.75. The first-order chi connectivity index (χ1) is 13.5. The first-order valence-electron chi connectivity index (χ1n) is 8.27. The highest BCUT2D eigenvalue weighted by Gasteiger charge is 2.22. The van der Waals surface area contributed by atoms with Gasteiger partial charge in [0.15, 0.2) is 5.13 Å². The van der Waals surface area contributed by atoms with Crippen LogP contribution in [-0.4, -0.2) is 16.0 Å². The van der Waals surface area contributed by atoms with E-state index in [-0.39, 0.29) is 5.91 Å². The second-order valence-electron chi connectivity index (χ2n) is 5.95. The average Bonchev–Trinajstić information content (AvgIpc) is 3.31. The van der Waals surface area contributed by atoms with Crippen LogP contribution < -0.4 is 5.32 Å². The number of hydrogen-bond donors (Lipinski definition) is 1. The molecule has 140 valence electrons. The number of nitrogens with zero attached hydrogens (tertiary/aromatic N) is 2. The first-order valence-corrected chi connectivity index (χ1v) is 9.90. The number of thiazole rings is 1. The van der Waals surface area contributed by atoms with Crippen molar-refractivity contribution in [3.05, 3.63) is 75.3 Å². The zero-order chi connectivity index (χ0) is 19.7. The van der Waals surface area contributed by atoms with Gasteiger partial charge in [-0.3, -0.25) is 10.1 Å². The van der Waals surface area contributed by atoms with Crippen LogP contribution in [0.5, 0.6) is 0 Å². The molecule has 28 heavy (non-hydrogen) atoms. The Balaban J connectivity index is 1.60. The average molecular weight is 430 g/mol. The lowest BCUT2D eigenvalue weighted by atomic mass is 10.1. The number of hydrogen-bond acceptors (Lipinski definition) is 5. The molecule has 0 aliphatic heterocycles. The van der Waals surface area contributed by atoms with Gasteiger partial charge in [-0.15, -0.1) is 11.3 Å². The predicted octanol–water partition coefficient (Wildman–Crippen LogP) is 6.33. The standard InChI is InChI=1S/C20H13Cl2N3O2S/c1-11-17(18(25-27-11)12-5-3-2-4-6-12)19(26)24-20-23-16(10-28-20)13-7-8-14(21)15(22)9-13/h2-10H,1H3,(H,23,24,26). The van der Waals surface area contributed by atoms with E-state index in [4.69, 9.17) is 27.7 Å². The van der Waals surface area contributed by atoms with Gasteiger partial charge >= 0.3 is 0 Å². The number of amides is 1. The van der Waals surface area contributed by atoms with Crippen LogP contribution in [0.15, 0.2) is 58.4 Å². The molecule has 0 saturated heterocycles. The first kappa shape index (κ1) is 18.7. The third-order valence-corrected chi connectivity index (χ3v) is 5.57. The number of aryl methyl sites for hydroxylation is 1. The minimum Gasteiger partial charge on any atom is -0.360 e. The van der Waals surface area contributed by atoms with Crippen LogP contribution in [0.4, 0.5) is 5.13 Å². The van der Waals surface area contributed by atoms with Crippen LogP contribution in [0, 0.1) is 6.92 Å². The van der Waals surface area contributed by atoms with Crippen LogP contribution in [0.25, 0.3) is 22.5 Å². The van der Waals surface area contributed by atoms with Gasteiger partial charge in [-0.05, 0) is 19.1 Å². The monoisotopic (exact) mass is 429 g/mol. The van der Waals surface area contributed by atoms with E-state index in [1.165, 1.54) is 11.3 Å². The zero-order valence-corrected chi connectivity index (χ0v) is 16.9. The lowest BCUT2D eigenvalue weighted by Crippen LogP contribution is -2.13. The smallest absolute Gasteiger partial charge is 0.263 e. The molecule has 2 aromatic carbocycles. The molecule has 2 heterocycles. The maximum atomic E-state index is 12.9. The highest BCUT2D eigenvalue weighted by atomic mass is 35.5. The Bertz CT molecular complexity index is 1160. The summed E-state index contributed by atoms with van der Waals surface area (Å²) >= 11 is 13.3. The van der Waals surface area contributed by atoms with Crippen LogP contribution in [-0.2, 0) is 0 Å². The molecule has 0 atom stereocenters. The summed E-state index contributed by atoms with van der Waals surface area (Å²) in [6.45, 7) is 1.71. The Kier molecular flexibility index (Phi) is 5.17. The maximum absolute atomic E-state index is 12.9. The molecule has 0 bridgehead atoms. The number of halogens is 2. The fourth-order valence-electron chi connectivity index (χ4n) is 2.71. The lowest BCUT2D eigenvalue weighted by Gasteiger charge is -2.03. The topological polar surface area (TPSA) is 68.0 Å². The van der Waals surface area contributed by atoms with E-state index in [0.717, 1.165) is 11.1 Å². The largest absolute Gasteiger partial charge is 0.360 e. The van der Waals surface area contributed by atoms with Gasteiger partial charge in [-0.1, -0.05) is 64.8 Å². The number of anilines is 1. The van der Waals surface area contributed by atoms with Crippen LogP contribution in [0.3, 0.4) is 0 Å². The Labute approximate surface area is 174 Å². The highest BCUT2D eigenvalue weighted by molar-refractivity contribution is 7.14. The Morgan fingerprint density at radius 3 is 2.61 bits per heavy atom. The molecule has 5 nitrogen and oxygen atoms in total. The molecular weight excluding hydrogens is 417 g/mol. The molecule has 0 unspecified atom stereocenters. The van der Waals surface area contributed by atoms with Crippen LogP contribution in [0.2, 0.25) is 10.0 Å². The number of aromatic nitrogens is 2. The molecule has 0 aliphatic rings. The third kappa shape index (κ3) is 3.67. The second-order valence-corrected chi connectivity index (χ2v) is 7.62. The molecule has 0 saturated carbocycles. The van der Waals surface area contributed by atoms with Crippen molar-refractivity contribution < 1.29 is 9.32 Å². The number of benzene rings is 2. The summed E-state index contributed by atoms with van der Waals surface area (Å²) in [4.78, 5) is 17.3. The SMILES string of the molecule is Cc1onc(-c2ccccc2)c1C(=O)Nc1nc(-c2ccc(Cl)c(Cl)c2)cs1. The van der Waals surface area contributed by atoms with E-state index < -0.39 is 0 Å². The number of nitrogens with one attached hydrogen (secondary N) is 1. The summed E-state index contributed by atoms with van der Waals surface area (Å²) in [6, 6.07) is 14.7. The van der Waals surface area contributed by atoms with Gasteiger partial charge < -0.3 is 4.52 Å². The van der Waals surface area contributed by atoms with E-state index in [1.54, 1.807) is 19.1 Å². The molecule has 1 amide bonds. The molecule has 0 radical (unpaired) electrons. The van der Waals surface area contributed by atoms with E-state index in [2.05, 4.69) is 15.5 Å². The van der Waals surface area contributed by atoms with Gasteiger partial charge in [-0.25, -0.2) is 4.98 Å². The Morgan fingerprint density at radius 1 is 1.07 bits per heavy atom. The number of rotatable bonds is 4. The minimum atomic E-state index is -0.326. The molecule has 4 aromatic rings. The van der Waals surface area contributed by atoms with E-state index in [0.29, 0.717) is 37.9 Å². The molecule has 2 aromatic heterocycles. The van der Waals surface area contributed by atoms with Crippen molar-refractivity contribution in [1.29, 1.82) is 0 Å². The third-order valence-electron chi connectivity index (χ3n) is 4.08. The van der Waals surface area contributed by atoms with Crippen molar-refractivity contribution >= 4 is 45.6 Å². The predicted molar refractivity (Wildman–Crippen MR) is 112 cm³/mol. The van der Waals surface area contributed by atoms with Gasteiger partial charge in [0.2, 0.25) is 0 Å². The Morgan fingerprint density at radius 2 is 1.86 bits per heavy atom. The highest BCUT2D eigenvalue weighted by Crippen LogP contribution is 2.31. The Hall–Kier alpha value is -2.67. The van der Waals surface area contributed by atoms with E-state index >= 15 is 0 Å².